The van der Waals surface area contributed by atoms with Crippen molar-refractivity contribution >= 4 is 35.2 Å². The minimum Gasteiger partial charge on any atom is -0.481 e. The van der Waals surface area contributed by atoms with Crippen LogP contribution in [0.25, 0.3) is 0 Å². The van der Waals surface area contributed by atoms with E-state index in [2.05, 4.69) is 5.32 Å². The van der Waals surface area contributed by atoms with Gasteiger partial charge in [-0.15, -0.1) is 0 Å². The number of urea groups is 1. The maximum absolute atomic E-state index is 12.5. The van der Waals surface area contributed by atoms with Crippen LogP contribution in [0.15, 0.2) is 18.2 Å². The highest BCUT2D eigenvalue weighted by Gasteiger charge is 2.24. The van der Waals surface area contributed by atoms with Gasteiger partial charge in [0.1, 0.15) is 0 Å². The molecule has 0 radical (unpaired) electrons. The molecule has 7 nitrogen and oxygen atoms in total. The first kappa shape index (κ1) is 17.1. The first-order chi connectivity index (χ1) is 10.8. The van der Waals surface area contributed by atoms with Crippen LogP contribution in [-0.2, 0) is 4.79 Å². The number of carboxylic acid groups (broad SMARTS) is 1. The van der Waals surface area contributed by atoms with Gasteiger partial charge in [0, 0.05) is 32.4 Å². The smallest absolute Gasteiger partial charge is 0.321 e. The fourth-order valence-corrected chi connectivity index (χ4v) is 2.54. The van der Waals surface area contributed by atoms with Crippen molar-refractivity contribution in [2.24, 2.45) is 5.92 Å². The van der Waals surface area contributed by atoms with E-state index in [0.29, 0.717) is 18.8 Å². The Morgan fingerprint density at radius 1 is 1.48 bits per heavy atom. The lowest BCUT2D eigenvalue weighted by Crippen LogP contribution is -2.34. The van der Waals surface area contributed by atoms with Crippen LogP contribution in [0.2, 0.25) is 5.02 Å². The maximum atomic E-state index is 12.5. The molecule has 3 amide bonds. The lowest BCUT2D eigenvalue weighted by molar-refractivity contribution is -0.141. The molecule has 0 aliphatic carbocycles. The maximum Gasteiger partial charge on any atom is 0.321 e. The number of carbonyl (C=O) groups excluding carboxylic acids is 2. The number of hydrogen-bond acceptors (Lipinski definition) is 3. The van der Waals surface area contributed by atoms with Gasteiger partial charge in [0.25, 0.3) is 5.91 Å². The van der Waals surface area contributed by atoms with E-state index in [-0.39, 0.29) is 29.1 Å². The second kappa shape index (κ2) is 6.87. The number of aliphatic carboxylic acids is 1. The Hall–Kier alpha value is -2.28. The topological polar surface area (TPSA) is 90.0 Å². The monoisotopic (exact) mass is 339 g/mol. The summed E-state index contributed by atoms with van der Waals surface area (Å²) in [6.45, 7) is 2.65. The van der Waals surface area contributed by atoms with Crippen molar-refractivity contribution in [2.45, 2.75) is 6.92 Å². The molecule has 1 fully saturated rings. The number of nitrogens with zero attached hydrogens (tertiary/aromatic N) is 2. The van der Waals surface area contributed by atoms with Crippen molar-refractivity contribution in [3.05, 3.63) is 28.8 Å². The van der Waals surface area contributed by atoms with Crippen molar-refractivity contribution in [3.8, 4) is 0 Å². The molecule has 1 aromatic carbocycles. The minimum atomic E-state index is -0.974. The van der Waals surface area contributed by atoms with Crippen LogP contribution in [-0.4, -0.2) is 54.6 Å². The molecule has 0 bridgehead atoms. The first-order valence-corrected chi connectivity index (χ1v) is 7.52. The van der Waals surface area contributed by atoms with Gasteiger partial charge in [0.15, 0.2) is 0 Å². The van der Waals surface area contributed by atoms with Gasteiger partial charge in [-0.1, -0.05) is 18.5 Å². The molecule has 8 heteroatoms. The molecule has 1 aliphatic heterocycles. The van der Waals surface area contributed by atoms with E-state index in [1.54, 1.807) is 18.2 Å². The molecule has 0 saturated carbocycles. The molecule has 1 atom stereocenters. The Balaban J connectivity index is 2.22. The van der Waals surface area contributed by atoms with E-state index >= 15 is 0 Å². The van der Waals surface area contributed by atoms with Gasteiger partial charge in [0.2, 0.25) is 0 Å². The van der Waals surface area contributed by atoms with E-state index in [1.807, 2.05) is 0 Å². The number of amides is 3. The Morgan fingerprint density at radius 2 is 2.17 bits per heavy atom. The molecule has 1 unspecified atom stereocenters. The van der Waals surface area contributed by atoms with E-state index in [9.17, 15) is 14.4 Å². The summed E-state index contributed by atoms with van der Waals surface area (Å²) in [6, 6.07) is 4.56. The highest BCUT2D eigenvalue weighted by molar-refractivity contribution is 6.34. The van der Waals surface area contributed by atoms with Crippen molar-refractivity contribution in [1.29, 1.82) is 0 Å². The number of rotatable bonds is 5. The average molecular weight is 340 g/mol. The number of benzene rings is 1. The Kier molecular flexibility index (Phi) is 5.10. The fourth-order valence-electron chi connectivity index (χ4n) is 2.34. The molecule has 124 valence electrons. The highest BCUT2D eigenvalue weighted by Crippen LogP contribution is 2.25. The summed E-state index contributed by atoms with van der Waals surface area (Å²) >= 11 is 6.09. The quantitative estimate of drug-likeness (QED) is 0.853. The number of halogens is 1. The van der Waals surface area contributed by atoms with Crippen molar-refractivity contribution < 1.29 is 19.5 Å². The summed E-state index contributed by atoms with van der Waals surface area (Å²) in [6.07, 6.45) is 0. The normalized spacial score (nSPS) is 15.3. The Bertz CT molecular complexity index is 650. The fraction of sp³-hybridized carbons (Fsp3) is 0.400. The molecule has 1 saturated heterocycles. The van der Waals surface area contributed by atoms with Crippen LogP contribution in [0.4, 0.5) is 10.5 Å². The van der Waals surface area contributed by atoms with Crippen LogP contribution >= 0.6 is 11.6 Å². The van der Waals surface area contributed by atoms with Crippen LogP contribution in [0.1, 0.15) is 17.3 Å². The summed E-state index contributed by atoms with van der Waals surface area (Å²) in [5.41, 5.74) is 0.816. The molecule has 2 rings (SSSR count). The number of nitrogens with one attached hydrogen (secondary N) is 1. The Morgan fingerprint density at radius 3 is 2.74 bits per heavy atom. The summed E-state index contributed by atoms with van der Waals surface area (Å²) in [4.78, 5) is 38.0. The number of hydrogen-bond donors (Lipinski definition) is 2. The summed E-state index contributed by atoms with van der Waals surface area (Å²) in [5, 5.41) is 11.9. The van der Waals surface area contributed by atoms with Crippen LogP contribution < -0.4 is 10.2 Å². The summed E-state index contributed by atoms with van der Waals surface area (Å²) < 4.78 is 0. The second-order valence-corrected chi connectivity index (χ2v) is 5.88. The molecular weight excluding hydrogens is 322 g/mol. The molecule has 0 aromatic heterocycles. The predicted octanol–water partition coefficient (Wildman–Crippen LogP) is 1.66. The van der Waals surface area contributed by atoms with Gasteiger partial charge in [-0.25, -0.2) is 4.79 Å². The van der Waals surface area contributed by atoms with E-state index in [1.165, 1.54) is 23.8 Å². The predicted molar refractivity (Wildman–Crippen MR) is 86.0 cm³/mol. The number of carboxylic acids is 1. The van der Waals surface area contributed by atoms with Crippen molar-refractivity contribution in [2.75, 3.05) is 31.6 Å². The third kappa shape index (κ3) is 3.73. The molecule has 1 heterocycles. The highest BCUT2D eigenvalue weighted by atomic mass is 35.5. The standard InChI is InChI=1S/C15H18ClN3O4/c1-9(14(21)22)8-18(2)13(20)11-7-10(3-4-12(11)16)19-6-5-17-15(19)23/h3-4,7,9H,5-6,8H2,1-2H3,(H,17,23)(H,21,22). The van der Waals surface area contributed by atoms with Crippen molar-refractivity contribution in [1.82, 2.24) is 10.2 Å². The van der Waals surface area contributed by atoms with Gasteiger partial charge >= 0.3 is 12.0 Å². The van der Waals surface area contributed by atoms with Gasteiger partial charge in [0.05, 0.1) is 16.5 Å². The van der Waals surface area contributed by atoms with Crippen LogP contribution in [0.5, 0.6) is 0 Å². The Labute approximate surface area is 138 Å². The molecule has 1 aromatic rings. The first-order valence-electron chi connectivity index (χ1n) is 7.14. The SMILES string of the molecule is CC(CN(C)C(=O)c1cc(N2CCNC2=O)ccc1Cl)C(=O)O. The van der Waals surface area contributed by atoms with Crippen LogP contribution in [0, 0.1) is 5.92 Å². The van der Waals surface area contributed by atoms with Gasteiger partial charge in [-0.2, -0.15) is 0 Å². The molecule has 23 heavy (non-hydrogen) atoms. The minimum absolute atomic E-state index is 0.0684. The van der Waals surface area contributed by atoms with E-state index in [4.69, 9.17) is 16.7 Å². The zero-order chi connectivity index (χ0) is 17.1. The number of anilines is 1. The van der Waals surface area contributed by atoms with Gasteiger partial charge in [-0.3, -0.25) is 14.5 Å². The van der Waals surface area contributed by atoms with Gasteiger partial charge < -0.3 is 15.3 Å². The second-order valence-electron chi connectivity index (χ2n) is 5.47. The zero-order valence-electron chi connectivity index (χ0n) is 12.9. The summed E-state index contributed by atoms with van der Waals surface area (Å²) in [5.74, 6) is -2.04. The largest absolute Gasteiger partial charge is 0.481 e. The third-order valence-corrected chi connectivity index (χ3v) is 3.99. The average Bonchev–Trinajstić information content (AvgIpc) is 2.93. The third-order valence-electron chi connectivity index (χ3n) is 3.66. The van der Waals surface area contributed by atoms with Crippen molar-refractivity contribution in [3.63, 3.8) is 0 Å². The lowest BCUT2D eigenvalue weighted by atomic mass is 10.1. The number of carbonyl (C=O) groups is 3. The van der Waals surface area contributed by atoms with E-state index < -0.39 is 11.9 Å². The molecule has 0 spiro atoms. The molecule has 2 N–H and O–H groups in total. The zero-order valence-corrected chi connectivity index (χ0v) is 13.6. The molecular formula is C15H18ClN3O4. The van der Waals surface area contributed by atoms with Gasteiger partial charge in [-0.05, 0) is 18.2 Å². The molecule has 1 aliphatic rings. The van der Waals surface area contributed by atoms with Crippen LogP contribution in [0.3, 0.4) is 0 Å². The van der Waals surface area contributed by atoms with E-state index in [0.717, 1.165) is 0 Å². The summed E-state index contributed by atoms with van der Waals surface area (Å²) in [7, 11) is 1.52. The lowest BCUT2D eigenvalue weighted by Gasteiger charge is -2.21.